The highest BCUT2D eigenvalue weighted by molar-refractivity contribution is 5.70. The van der Waals surface area contributed by atoms with Crippen LogP contribution >= 0.6 is 0 Å². The molecule has 0 rings (SSSR count). The van der Waals surface area contributed by atoms with Gasteiger partial charge in [-0.1, -0.05) is 199 Å². The van der Waals surface area contributed by atoms with Crippen LogP contribution in [-0.2, 0) is 19.1 Å². The molecule has 0 aliphatic heterocycles. The first-order valence-corrected chi connectivity index (χ1v) is 20.0. The lowest BCUT2D eigenvalue weighted by Crippen LogP contribution is -2.27. The predicted molar refractivity (Wildman–Crippen MR) is 194 cm³/mol. The second-order valence-electron chi connectivity index (χ2n) is 13.6. The average molecular weight is 650 g/mol. The molecule has 0 aromatic heterocycles. The number of ether oxygens (including phenoxy) is 2. The van der Waals surface area contributed by atoms with Crippen LogP contribution in [0.15, 0.2) is 5.11 Å². The number of hydrogen-bond acceptors (Lipinski definition) is 5. The van der Waals surface area contributed by atoms with Crippen molar-refractivity contribution in [3.05, 3.63) is 10.4 Å². The highest BCUT2D eigenvalue weighted by atomic mass is 16.6. The Morgan fingerprint density at radius 1 is 0.500 bits per heavy atom. The quantitative estimate of drug-likeness (QED) is 0.0220. The summed E-state index contributed by atoms with van der Waals surface area (Å²) in [6, 6.07) is 0. The summed E-state index contributed by atoms with van der Waals surface area (Å²) in [7, 11) is 0. The fourth-order valence-electron chi connectivity index (χ4n) is 6.04. The maximum atomic E-state index is 12.3. The zero-order valence-corrected chi connectivity index (χ0v) is 30.6. The lowest BCUT2D eigenvalue weighted by Gasteiger charge is -2.16. The van der Waals surface area contributed by atoms with Crippen LogP contribution in [0.3, 0.4) is 0 Å². The highest BCUT2D eigenvalue weighted by Gasteiger charge is 2.16. The van der Waals surface area contributed by atoms with Gasteiger partial charge >= 0.3 is 11.9 Å². The van der Waals surface area contributed by atoms with E-state index in [0.29, 0.717) is 12.8 Å². The third-order valence-electron chi connectivity index (χ3n) is 9.05. The molecule has 0 spiro atoms. The predicted octanol–water partition coefficient (Wildman–Crippen LogP) is 13.3. The van der Waals surface area contributed by atoms with Crippen molar-refractivity contribution in [2.45, 2.75) is 225 Å². The second-order valence-corrected chi connectivity index (χ2v) is 13.6. The molecule has 0 saturated heterocycles. The third kappa shape index (κ3) is 35.1. The Bertz CT molecular complexity index is 711. The number of rotatable bonds is 37. The van der Waals surface area contributed by atoms with Crippen LogP contribution in [0, 0.1) is 0 Å². The Kier molecular flexibility index (Phi) is 36.3. The summed E-state index contributed by atoms with van der Waals surface area (Å²) in [5.41, 5.74) is 8.69. The van der Waals surface area contributed by atoms with E-state index in [1.807, 2.05) is 0 Å². The minimum atomic E-state index is -0.718. The van der Waals surface area contributed by atoms with E-state index < -0.39 is 6.10 Å². The lowest BCUT2D eigenvalue weighted by molar-refractivity contribution is -0.158. The molecule has 0 N–H and O–H groups in total. The molecule has 0 amide bonds. The molecule has 0 aromatic rings. The van der Waals surface area contributed by atoms with Crippen molar-refractivity contribution in [2.24, 2.45) is 5.11 Å². The molecule has 7 nitrogen and oxygen atoms in total. The smallest absolute Gasteiger partial charge is 0.306 e. The molecule has 46 heavy (non-hydrogen) atoms. The molecule has 1 atom stereocenters. The number of azide groups is 1. The van der Waals surface area contributed by atoms with Gasteiger partial charge in [0.15, 0.2) is 0 Å². The maximum absolute atomic E-state index is 12.3. The molecule has 0 aromatic carbocycles. The third-order valence-corrected chi connectivity index (χ3v) is 9.05. The summed E-state index contributed by atoms with van der Waals surface area (Å²) < 4.78 is 10.8. The van der Waals surface area contributed by atoms with Gasteiger partial charge < -0.3 is 9.47 Å². The molecule has 0 aliphatic carbocycles. The zero-order chi connectivity index (χ0) is 33.6. The van der Waals surface area contributed by atoms with Gasteiger partial charge in [0.05, 0.1) is 6.54 Å². The summed E-state index contributed by atoms with van der Waals surface area (Å²) in [6.07, 6.45) is 38.4. The maximum Gasteiger partial charge on any atom is 0.306 e. The number of carbonyl (C=O) groups excluding carboxylic acids is 2. The van der Waals surface area contributed by atoms with Gasteiger partial charge in [-0.15, -0.1) is 0 Å². The van der Waals surface area contributed by atoms with Gasteiger partial charge in [0.1, 0.15) is 12.7 Å². The number of hydrogen-bond donors (Lipinski definition) is 0. The highest BCUT2D eigenvalue weighted by Crippen LogP contribution is 2.16. The molecule has 1 unspecified atom stereocenters. The van der Waals surface area contributed by atoms with E-state index in [1.165, 1.54) is 154 Å². The summed E-state index contributed by atoms with van der Waals surface area (Å²) in [5, 5.41) is 3.54. The van der Waals surface area contributed by atoms with Gasteiger partial charge in [0, 0.05) is 17.8 Å². The number of nitrogens with zero attached hydrogens (tertiary/aromatic N) is 3. The van der Waals surface area contributed by atoms with E-state index >= 15 is 0 Å². The van der Waals surface area contributed by atoms with Crippen molar-refractivity contribution in [1.29, 1.82) is 0 Å². The Morgan fingerprint density at radius 3 is 1.13 bits per heavy atom. The molecular formula is C39H75N3O4. The van der Waals surface area contributed by atoms with E-state index in [9.17, 15) is 9.59 Å². The van der Waals surface area contributed by atoms with Gasteiger partial charge in [0.25, 0.3) is 0 Å². The first-order chi connectivity index (χ1) is 22.6. The van der Waals surface area contributed by atoms with Gasteiger partial charge in [-0.05, 0) is 18.4 Å². The lowest BCUT2D eigenvalue weighted by atomic mass is 10.0. The first kappa shape index (κ1) is 44.2. The van der Waals surface area contributed by atoms with Crippen LogP contribution in [-0.4, -0.2) is 31.2 Å². The summed E-state index contributed by atoms with van der Waals surface area (Å²) in [6.45, 7) is 4.46. The van der Waals surface area contributed by atoms with E-state index in [0.717, 1.165) is 38.5 Å². The van der Waals surface area contributed by atoms with E-state index in [4.69, 9.17) is 15.0 Å². The second kappa shape index (κ2) is 37.7. The molecule has 7 heteroatoms. The largest absolute Gasteiger partial charge is 0.462 e. The zero-order valence-electron chi connectivity index (χ0n) is 30.6. The normalized spacial score (nSPS) is 11.7. The molecule has 0 fully saturated rings. The Labute approximate surface area is 284 Å². The molecule has 270 valence electrons. The van der Waals surface area contributed by atoms with Crippen LogP contribution in [0.4, 0.5) is 0 Å². The van der Waals surface area contributed by atoms with Crippen LogP contribution in [0.1, 0.15) is 219 Å². The molecule has 0 bridgehead atoms. The number of carbonyl (C=O) groups is 2. The van der Waals surface area contributed by atoms with Crippen LogP contribution < -0.4 is 0 Å². The van der Waals surface area contributed by atoms with Crippen molar-refractivity contribution in [2.75, 3.05) is 13.2 Å². The summed E-state index contributed by atoms with van der Waals surface area (Å²) in [5.74, 6) is -0.592. The van der Waals surface area contributed by atoms with Gasteiger partial charge in [-0.3, -0.25) is 9.59 Å². The Balaban J connectivity index is 3.70. The van der Waals surface area contributed by atoms with Crippen molar-refractivity contribution in [3.63, 3.8) is 0 Å². The fraction of sp³-hybridized carbons (Fsp3) is 0.949. The standard InChI is InChI=1S/C39H75N3O4/c1-3-5-7-9-11-13-15-17-19-21-23-25-27-29-31-33-38(43)45-36-37(35-41-42-40)46-39(44)34-32-30-28-26-24-22-20-18-16-14-12-10-8-6-4-2/h37H,3-36H2,1-2H3. The summed E-state index contributed by atoms with van der Waals surface area (Å²) >= 11 is 0. The molecular weight excluding hydrogens is 574 g/mol. The monoisotopic (exact) mass is 650 g/mol. The number of unbranched alkanes of at least 4 members (excludes halogenated alkanes) is 28. The summed E-state index contributed by atoms with van der Waals surface area (Å²) in [4.78, 5) is 27.3. The van der Waals surface area contributed by atoms with Crippen molar-refractivity contribution >= 4 is 11.9 Å². The molecule has 0 aliphatic rings. The van der Waals surface area contributed by atoms with Crippen molar-refractivity contribution in [3.8, 4) is 0 Å². The van der Waals surface area contributed by atoms with Gasteiger partial charge in [-0.25, -0.2) is 0 Å². The Morgan fingerprint density at radius 2 is 0.804 bits per heavy atom. The van der Waals surface area contributed by atoms with Gasteiger partial charge in [0.2, 0.25) is 0 Å². The van der Waals surface area contributed by atoms with E-state index in [2.05, 4.69) is 23.9 Å². The minimum Gasteiger partial charge on any atom is -0.462 e. The van der Waals surface area contributed by atoms with Crippen molar-refractivity contribution < 1.29 is 19.1 Å². The number of esters is 2. The first-order valence-electron chi connectivity index (χ1n) is 20.0. The van der Waals surface area contributed by atoms with Gasteiger partial charge in [-0.2, -0.15) is 0 Å². The SMILES string of the molecule is CCCCCCCCCCCCCCCCCC(=O)OCC(CN=[N+]=[N-])OC(=O)CCCCCCCCCCCCCCCCC. The molecule has 0 saturated carbocycles. The van der Waals surface area contributed by atoms with E-state index in [-0.39, 0.29) is 25.1 Å². The topological polar surface area (TPSA) is 101 Å². The Hall–Kier alpha value is -1.75. The molecule has 0 heterocycles. The fourth-order valence-corrected chi connectivity index (χ4v) is 6.04. The van der Waals surface area contributed by atoms with Crippen LogP contribution in [0.2, 0.25) is 0 Å². The minimum absolute atomic E-state index is 0.0205. The van der Waals surface area contributed by atoms with Crippen LogP contribution in [0.5, 0.6) is 0 Å². The van der Waals surface area contributed by atoms with Crippen molar-refractivity contribution in [1.82, 2.24) is 0 Å². The van der Waals surface area contributed by atoms with Crippen LogP contribution in [0.25, 0.3) is 10.4 Å². The molecule has 0 radical (unpaired) electrons. The van der Waals surface area contributed by atoms with E-state index in [1.54, 1.807) is 0 Å². The average Bonchev–Trinajstić information content (AvgIpc) is 3.05.